The fourth-order valence-electron chi connectivity index (χ4n) is 2.12. The fraction of sp³-hybridized carbons (Fsp3) is 0.333. The molecule has 6 heteroatoms. The molecule has 0 aliphatic heterocycles. The number of nitrogens with zero attached hydrogens (tertiary/aromatic N) is 1. The van der Waals surface area contributed by atoms with Crippen LogP contribution in [0.15, 0.2) is 52.1 Å². The molecule has 128 valence electrons. The van der Waals surface area contributed by atoms with Crippen LogP contribution < -0.4 is 16.0 Å². The minimum absolute atomic E-state index is 0.118. The highest BCUT2D eigenvalue weighted by Gasteiger charge is 2.05. The van der Waals surface area contributed by atoms with Crippen molar-refractivity contribution < 1.29 is 9.21 Å². The quantitative estimate of drug-likeness (QED) is 0.536. The van der Waals surface area contributed by atoms with E-state index in [0.29, 0.717) is 19.0 Å². The summed E-state index contributed by atoms with van der Waals surface area (Å²) < 4.78 is 5.18. The van der Waals surface area contributed by atoms with Gasteiger partial charge in [0.25, 0.3) is 0 Å². The Hall–Kier alpha value is -2.76. The van der Waals surface area contributed by atoms with Gasteiger partial charge in [-0.2, -0.15) is 0 Å². The first kappa shape index (κ1) is 17.6. The zero-order valence-electron chi connectivity index (χ0n) is 14.1. The second-order valence-corrected chi connectivity index (χ2v) is 5.33. The fourth-order valence-corrected chi connectivity index (χ4v) is 2.12. The molecule has 0 saturated heterocycles. The zero-order chi connectivity index (χ0) is 17.2. The van der Waals surface area contributed by atoms with Crippen LogP contribution in [0.25, 0.3) is 0 Å². The van der Waals surface area contributed by atoms with Gasteiger partial charge in [0.1, 0.15) is 5.76 Å². The molecule has 0 saturated carbocycles. The van der Waals surface area contributed by atoms with Crippen LogP contribution in [0, 0.1) is 6.92 Å². The number of benzene rings is 1. The Morgan fingerprint density at radius 3 is 2.67 bits per heavy atom. The number of amides is 1. The molecule has 2 aromatic rings. The second-order valence-electron chi connectivity index (χ2n) is 5.33. The monoisotopic (exact) mass is 328 g/mol. The van der Waals surface area contributed by atoms with Crippen LogP contribution in [0.2, 0.25) is 0 Å². The Labute approximate surface area is 142 Å². The maximum absolute atomic E-state index is 11.9. The lowest BCUT2D eigenvalue weighted by Gasteiger charge is -2.11. The number of hydrogen-bond donors (Lipinski definition) is 3. The van der Waals surface area contributed by atoms with Crippen LogP contribution in [0.3, 0.4) is 0 Å². The average Bonchev–Trinajstić information content (AvgIpc) is 3.10. The van der Waals surface area contributed by atoms with E-state index in [-0.39, 0.29) is 12.5 Å². The summed E-state index contributed by atoms with van der Waals surface area (Å²) in [5.74, 6) is 1.23. The third-order valence-electron chi connectivity index (χ3n) is 3.47. The molecule has 0 aliphatic carbocycles. The highest BCUT2D eigenvalue weighted by molar-refractivity contribution is 5.86. The van der Waals surface area contributed by atoms with Crippen LogP contribution in [0.5, 0.6) is 0 Å². The first-order valence-corrected chi connectivity index (χ1v) is 8.04. The molecule has 0 bridgehead atoms. The van der Waals surface area contributed by atoms with Crippen molar-refractivity contribution in [3.8, 4) is 0 Å². The molecule has 1 aromatic carbocycles. The molecule has 0 radical (unpaired) electrons. The highest BCUT2D eigenvalue weighted by atomic mass is 16.3. The number of aliphatic imine (C=N–C) groups is 1. The van der Waals surface area contributed by atoms with Crippen molar-refractivity contribution in [1.29, 1.82) is 0 Å². The van der Waals surface area contributed by atoms with Crippen LogP contribution >= 0.6 is 0 Å². The van der Waals surface area contributed by atoms with Gasteiger partial charge in [0, 0.05) is 6.54 Å². The number of carbonyl (C=O) groups is 1. The molecule has 2 rings (SSSR count). The number of aryl methyl sites for hydroxylation is 1. The van der Waals surface area contributed by atoms with E-state index >= 15 is 0 Å². The van der Waals surface area contributed by atoms with Crippen LogP contribution in [0.4, 0.5) is 0 Å². The number of nitrogens with one attached hydrogen (secondary N) is 3. The van der Waals surface area contributed by atoms with E-state index in [1.807, 2.05) is 25.1 Å². The Balaban J connectivity index is 1.82. The Kier molecular flexibility index (Phi) is 6.89. The molecular weight excluding hydrogens is 304 g/mol. The molecule has 1 amide bonds. The first-order valence-electron chi connectivity index (χ1n) is 8.04. The number of furan rings is 1. The SMILES string of the molecule is CCNC(=NCc1ccccc1C)NCC(=O)NCc1ccco1. The number of carbonyl (C=O) groups excluding carboxylic acids is 1. The van der Waals surface area contributed by atoms with Crippen molar-refractivity contribution >= 4 is 11.9 Å². The van der Waals surface area contributed by atoms with Crippen LogP contribution in [0.1, 0.15) is 23.8 Å². The average molecular weight is 328 g/mol. The van der Waals surface area contributed by atoms with E-state index in [4.69, 9.17) is 4.42 Å². The summed E-state index contributed by atoms with van der Waals surface area (Å²) >= 11 is 0. The van der Waals surface area contributed by atoms with Crippen molar-refractivity contribution in [3.63, 3.8) is 0 Å². The van der Waals surface area contributed by atoms with E-state index in [9.17, 15) is 4.79 Å². The van der Waals surface area contributed by atoms with E-state index in [1.165, 1.54) is 5.56 Å². The van der Waals surface area contributed by atoms with Gasteiger partial charge in [0.05, 0.1) is 25.9 Å². The van der Waals surface area contributed by atoms with Gasteiger partial charge in [-0.25, -0.2) is 4.99 Å². The smallest absolute Gasteiger partial charge is 0.239 e. The summed E-state index contributed by atoms with van der Waals surface area (Å²) in [4.78, 5) is 16.4. The van der Waals surface area contributed by atoms with Crippen molar-refractivity contribution in [2.75, 3.05) is 13.1 Å². The number of hydrogen-bond acceptors (Lipinski definition) is 3. The van der Waals surface area contributed by atoms with Crippen molar-refractivity contribution in [1.82, 2.24) is 16.0 Å². The van der Waals surface area contributed by atoms with Gasteiger partial charge >= 0.3 is 0 Å². The summed E-state index contributed by atoms with van der Waals surface area (Å²) in [5, 5.41) is 8.96. The Morgan fingerprint density at radius 2 is 1.96 bits per heavy atom. The number of guanidine groups is 1. The van der Waals surface area contributed by atoms with Gasteiger partial charge in [0.2, 0.25) is 5.91 Å². The van der Waals surface area contributed by atoms with Crippen molar-refractivity contribution in [3.05, 3.63) is 59.5 Å². The molecule has 24 heavy (non-hydrogen) atoms. The lowest BCUT2D eigenvalue weighted by molar-refractivity contribution is -0.120. The molecule has 3 N–H and O–H groups in total. The summed E-state index contributed by atoms with van der Waals surface area (Å²) in [5.41, 5.74) is 2.37. The van der Waals surface area contributed by atoms with E-state index in [0.717, 1.165) is 17.9 Å². The molecule has 0 fully saturated rings. The normalized spacial score (nSPS) is 11.2. The van der Waals surface area contributed by atoms with Gasteiger partial charge in [-0.05, 0) is 37.1 Å². The highest BCUT2D eigenvalue weighted by Crippen LogP contribution is 2.07. The van der Waals surface area contributed by atoms with Crippen molar-refractivity contribution in [2.45, 2.75) is 26.9 Å². The summed E-state index contributed by atoms with van der Waals surface area (Å²) in [6.07, 6.45) is 1.58. The molecule has 0 unspecified atom stereocenters. The largest absolute Gasteiger partial charge is 0.467 e. The van der Waals surface area contributed by atoms with Gasteiger partial charge in [-0.3, -0.25) is 4.79 Å². The Bertz CT molecular complexity index is 665. The van der Waals surface area contributed by atoms with Crippen LogP contribution in [-0.2, 0) is 17.9 Å². The molecule has 0 atom stereocenters. The number of rotatable bonds is 7. The molecule has 1 aromatic heterocycles. The predicted molar refractivity (Wildman–Crippen MR) is 94.6 cm³/mol. The minimum atomic E-state index is -0.118. The summed E-state index contributed by atoms with van der Waals surface area (Å²) in [7, 11) is 0. The second kappa shape index (κ2) is 9.39. The minimum Gasteiger partial charge on any atom is -0.467 e. The van der Waals surface area contributed by atoms with Gasteiger partial charge in [0.15, 0.2) is 5.96 Å². The van der Waals surface area contributed by atoms with Crippen LogP contribution in [-0.4, -0.2) is 25.0 Å². The van der Waals surface area contributed by atoms with Gasteiger partial charge in [-0.1, -0.05) is 24.3 Å². The molecule has 1 heterocycles. The molecule has 6 nitrogen and oxygen atoms in total. The zero-order valence-corrected chi connectivity index (χ0v) is 14.1. The van der Waals surface area contributed by atoms with Gasteiger partial charge < -0.3 is 20.4 Å². The molecule has 0 aliphatic rings. The van der Waals surface area contributed by atoms with E-state index in [2.05, 4.69) is 40.0 Å². The first-order chi connectivity index (χ1) is 11.7. The topological polar surface area (TPSA) is 78.7 Å². The van der Waals surface area contributed by atoms with E-state index in [1.54, 1.807) is 12.3 Å². The molecular formula is C18H24N4O2. The van der Waals surface area contributed by atoms with Gasteiger partial charge in [-0.15, -0.1) is 0 Å². The summed E-state index contributed by atoms with van der Waals surface area (Å²) in [6.45, 7) is 5.88. The lowest BCUT2D eigenvalue weighted by Crippen LogP contribution is -2.43. The predicted octanol–water partition coefficient (Wildman–Crippen LogP) is 1.96. The third-order valence-corrected chi connectivity index (χ3v) is 3.47. The van der Waals surface area contributed by atoms with E-state index < -0.39 is 0 Å². The summed E-state index contributed by atoms with van der Waals surface area (Å²) in [6, 6.07) is 11.7. The Morgan fingerprint density at radius 1 is 1.12 bits per heavy atom. The lowest BCUT2D eigenvalue weighted by atomic mass is 10.1. The maximum Gasteiger partial charge on any atom is 0.239 e. The van der Waals surface area contributed by atoms with Crippen molar-refractivity contribution in [2.24, 2.45) is 4.99 Å². The standard InChI is InChI=1S/C18H24N4O2/c1-3-19-18(21-11-15-8-5-4-7-14(15)2)22-13-17(23)20-12-16-9-6-10-24-16/h4-10H,3,11-13H2,1-2H3,(H,20,23)(H2,19,21,22). The third kappa shape index (κ3) is 5.79. The molecule has 0 spiro atoms. The maximum atomic E-state index is 11.9.